The van der Waals surface area contributed by atoms with Crippen molar-refractivity contribution in [3.63, 3.8) is 0 Å². The number of halogens is 1. The maximum absolute atomic E-state index is 12.6. The average molecular weight is 333 g/mol. The molecule has 2 amide bonds. The highest BCUT2D eigenvalue weighted by Gasteiger charge is 2.19. The zero-order valence-corrected chi connectivity index (χ0v) is 13.4. The van der Waals surface area contributed by atoms with Crippen LogP contribution in [0.15, 0.2) is 48.5 Å². The van der Waals surface area contributed by atoms with Crippen LogP contribution < -0.4 is 15.4 Å². The van der Waals surface area contributed by atoms with E-state index in [0.29, 0.717) is 22.0 Å². The number of benzene rings is 2. The van der Waals surface area contributed by atoms with Crippen LogP contribution in [0.25, 0.3) is 0 Å². The molecule has 2 aromatic rings. The van der Waals surface area contributed by atoms with Crippen molar-refractivity contribution in [2.75, 3.05) is 18.6 Å². The highest BCUT2D eigenvalue weighted by molar-refractivity contribution is 6.31. The van der Waals surface area contributed by atoms with Gasteiger partial charge in [0.05, 0.1) is 13.5 Å². The lowest BCUT2D eigenvalue weighted by molar-refractivity contribution is -0.122. The average Bonchev–Trinajstić information content (AvgIpc) is 2.55. The van der Waals surface area contributed by atoms with Gasteiger partial charge in [-0.15, -0.1) is 0 Å². The first kappa shape index (κ1) is 16.8. The highest BCUT2D eigenvalue weighted by atomic mass is 35.5. The number of amides is 2. The van der Waals surface area contributed by atoms with Gasteiger partial charge in [0.25, 0.3) is 0 Å². The Balaban J connectivity index is 2.23. The largest absolute Gasteiger partial charge is 0.497 e. The Morgan fingerprint density at radius 2 is 1.87 bits per heavy atom. The van der Waals surface area contributed by atoms with E-state index in [1.165, 1.54) is 4.90 Å². The quantitative estimate of drug-likeness (QED) is 0.882. The van der Waals surface area contributed by atoms with Crippen LogP contribution in [0.4, 0.5) is 5.69 Å². The zero-order valence-electron chi connectivity index (χ0n) is 12.7. The van der Waals surface area contributed by atoms with Gasteiger partial charge < -0.3 is 15.4 Å². The van der Waals surface area contributed by atoms with Gasteiger partial charge in [-0.3, -0.25) is 9.59 Å². The lowest BCUT2D eigenvalue weighted by atomic mass is 10.1. The fourth-order valence-electron chi connectivity index (χ4n) is 2.14. The molecule has 0 aliphatic rings. The van der Waals surface area contributed by atoms with Gasteiger partial charge in [-0.1, -0.05) is 35.9 Å². The molecule has 0 unspecified atom stereocenters. The predicted molar refractivity (Wildman–Crippen MR) is 89.7 cm³/mol. The molecule has 0 aliphatic carbocycles. The molecule has 2 rings (SSSR count). The molecule has 0 bridgehead atoms. The number of hydrogen-bond donors (Lipinski definition) is 1. The number of anilines is 1. The van der Waals surface area contributed by atoms with Crippen molar-refractivity contribution in [3.05, 3.63) is 59.1 Å². The molecule has 0 aromatic heterocycles. The molecule has 2 N–H and O–H groups in total. The maximum atomic E-state index is 12.6. The lowest BCUT2D eigenvalue weighted by Gasteiger charge is -2.21. The summed E-state index contributed by atoms with van der Waals surface area (Å²) in [6.45, 7) is -0.184. The first-order valence-corrected chi connectivity index (χ1v) is 7.35. The molecule has 0 radical (unpaired) electrons. The molecule has 0 spiro atoms. The Kier molecular flexibility index (Phi) is 5.60. The van der Waals surface area contributed by atoms with Crippen molar-refractivity contribution < 1.29 is 14.3 Å². The number of carbonyl (C=O) groups is 2. The van der Waals surface area contributed by atoms with Crippen molar-refractivity contribution >= 4 is 29.1 Å². The number of nitrogens with two attached hydrogens (primary N) is 1. The first-order valence-electron chi connectivity index (χ1n) is 6.97. The maximum Gasteiger partial charge on any atom is 0.237 e. The minimum atomic E-state index is -0.581. The van der Waals surface area contributed by atoms with Gasteiger partial charge in [-0.2, -0.15) is 0 Å². The Bertz CT molecular complexity index is 704. The van der Waals surface area contributed by atoms with Crippen LogP contribution in [-0.4, -0.2) is 25.5 Å². The summed E-state index contributed by atoms with van der Waals surface area (Å²) in [6.07, 6.45) is 0.0605. The van der Waals surface area contributed by atoms with Crippen molar-refractivity contribution in [1.29, 1.82) is 0 Å². The normalized spacial score (nSPS) is 10.2. The minimum Gasteiger partial charge on any atom is -0.497 e. The van der Waals surface area contributed by atoms with E-state index in [2.05, 4.69) is 0 Å². The van der Waals surface area contributed by atoms with Crippen LogP contribution in [0.5, 0.6) is 5.75 Å². The summed E-state index contributed by atoms with van der Waals surface area (Å²) in [5.41, 5.74) is 6.52. The molecule has 120 valence electrons. The lowest BCUT2D eigenvalue weighted by Crippen LogP contribution is -2.39. The number of primary amides is 1. The van der Waals surface area contributed by atoms with E-state index in [9.17, 15) is 9.59 Å². The highest BCUT2D eigenvalue weighted by Crippen LogP contribution is 2.24. The molecular weight excluding hydrogens is 316 g/mol. The molecule has 0 atom stereocenters. The Morgan fingerprint density at radius 1 is 1.17 bits per heavy atom. The van der Waals surface area contributed by atoms with E-state index < -0.39 is 5.91 Å². The number of methoxy groups -OCH3 is 1. The Labute approximate surface area is 139 Å². The number of rotatable bonds is 6. The van der Waals surface area contributed by atoms with E-state index >= 15 is 0 Å². The van der Waals surface area contributed by atoms with E-state index in [-0.39, 0.29) is 18.9 Å². The number of nitrogens with zero attached hydrogens (tertiary/aromatic N) is 1. The predicted octanol–water partition coefficient (Wildman–Crippen LogP) is 2.41. The van der Waals surface area contributed by atoms with Gasteiger partial charge in [0, 0.05) is 10.7 Å². The monoisotopic (exact) mass is 332 g/mol. The molecule has 0 aliphatic heterocycles. The summed E-state index contributed by atoms with van der Waals surface area (Å²) in [6, 6.07) is 14.0. The minimum absolute atomic E-state index is 0.0605. The van der Waals surface area contributed by atoms with Crippen molar-refractivity contribution in [3.8, 4) is 5.75 Å². The van der Waals surface area contributed by atoms with E-state index in [1.54, 1.807) is 49.6 Å². The molecular formula is C17H17ClN2O3. The third-order valence-corrected chi connectivity index (χ3v) is 3.64. The molecule has 0 heterocycles. The standard InChI is InChI=1S/C17H17ClN2O3/c1-23-14-8-7-12(15(18)10-14)9-17(22)20(11-16(19)21)13-5-3-2-4-6-13/h2-8,10H,9,11H2,1H3,(H2,19,21). The smallest absolute Gasteiger partial charge is 0.237 e. The second-order valence-electron chi connectivity index (χ2n) is 4.92. The molecule has 0 fully saturated rings. The third kappa shape index (κ3) is 4.47. The van der Waals surface area contributed by atoms with Crippen molar-refractivity contribution in [1.82, 2.24) is 0 Å². The SMILES string of the molecule is COc1ccc(CC(=O)N(CC(N)=O)c2ccccc2)c(Cl)c1. The van der Waals surface area contributed by atoms with E-state index in [1.807, 2.05) is 6.07 Å². The fourth-order valence-corrected chi connectivity index (χ4v) is 2.38. The van der Waals surface area contributed by atoms with Gasteiger partial charge in [-0.25, -0.2) is 0 Å². The molecule has 6 heteroatoms. The number of carbonyl (C=O) groups excluding carboxylic acids is 2. The van der Waals surface area contributed by atoms with Gasteiger partial charge in [-0.05, 0) is 29.8 Å². The summed E-state index contributed by atoms with van der Waals surface area (Å²) in [4.78, 5) is 25.2. The van der Waals surface area contributed by atoms with Crippen LogP contribution in [-0.2, 0) is 16.0 Å². The van der Waals surface area contributed by atoms with Crippen LogP contribution in [0, 0.1) is 0 Å². The van der Waals surface area contributed by atoms with Gasteiger partial charge in [0.15, 0.2) is 0 Å². The van der Waals surface area contributed by atoms with Crippen LogP contribution in [0.2, 0.25) is 5.02 Å². The molecule has 0 saturated carbocycles. The summed E-state index contributed by atoms with van der Waals surface area (Å²) < 4.78 is 5.08. The summed E-state index contributed by atoms with van der Waals surface area (Å²) in [5.74, 6) is -0.228. The summed E-state index contributed by atoms with van der Waals surface area (Å²) in [5, 5.41) is 0.435. The molecule has 23 heavy (non-hydrogen) atoms. The van der Waals surface area contributed by atoms with E-state index in [4.69, 9.17) is 22.1 Å². The van der Waals surface area contributed by atoms with Gasteiger partial charge in [0.1, 0.15) is 12.3 Å². The van der Waals surface area contributed by atoms with E-state index in [0.717, 1.165) is 0 Å². The Morgan fingerprint density at radius 3 is 2.43 bits per heavy atom. The molecule has 0 saturated heterocycles. The van der Waals surface area contributed by atoms with Crippen molar-refractivity contribution in [2.45, 2.75) is 6.42 Å². The third-order valence-electron chi connectivity index (χ3n) is 3.28. The molecule has 2 aromatic carbocycles. The number of ether oxygens (including phenoxy) is 1. The second kappa shape index (κ2) is 7.65. The van der Waals surface area contributed by atoms with Gasteiger partial charge in [0.2, 0.25) is 11.8 Å². The molecule has 5 nitrogen and oxygen atoms in total. The van der Waals surface area contributed by atoms with Crippen LogP contribution in [0.3, 0.4) is 0 Å². The summed E-state index contributed by atoms with van der Waals surface area (Å²) in [7, 11) is 1.54. The van der Waals surface area contributed by atoms with Crippen molar-refractivity contribution in [2.24, 2.45) is 5.73 Å². The number of para-hydroxylation sites is 1. The summed E-state index contributed by atoms with van der Waals surface area (Å²) >= 11 is 6.17. The van der Waals surface area contributed by atoms with Crippen LogP contribution in [0.1, 0.15) is 5.56 Å². The topological polar surface area (TPSA) is 72.6 Å². The van der Waals surface area contributed by atoms with Gasteiger partial charge >= 0.3 is 0 Å². The number of hydrogen-bond acceptors (Lipinski definition) is 3. The fraction of sp³-hybridized carbons (Fsp3) is 0.176. The zero-order chi connectivity index (χ0) is 16.8. The first-order chi connectivity index (χ1) is 11.0. The second-order valence-corrected chi connectivity index (χ2v) is 5.32. The van der Waals surface area contributed by atoms with Crippen LogP contribution >= 0.6 is 11.6 Å². The Hall–Kier alpha value is -2.53.